The average molecular weight is 342 g/mol. The Bertz CT molecular complexity index is 767. The second-order valence-corrected chi connectivity index (χ2v) is 5.32. The van der Waals surface area contributed by atoms with Crippen molar-refractivity contribution < 1.29 is 34.7 Å². The van der Waals surface area contributed by atoms with Gasteiger partial charge in [0.1, 0.15) is 18.3 Å². The lowest BCUT2D eigenvalue weighted by molar-refractivity contribution is -0.383. The molecule has 4 atom stereocenters. The van der Waals surface area contributed by atoms with Crippen molar-refractivity contribution in [3.05, 3.63) is 22.2 Å². The Morgan fingerprint density at radius 1 is 1.33 bits per heavy atom. The molecule has 12 nitrogen and oxygen atoms in total. The van der Waals surface area contributed by atoms with E-state index < -0.39 is 35.6 Å². The van der Waals surface area contributed by atoms with Crippen LogP contribution in [0.3, 0.4) is 0 Å². The number of aliphatic hydroxyl groups excluding tert-OH is 3. The molecule has 0 spiro atoms. The van der Waals surface area contributed by atoms with E-state index in [0.717, 1.165) is 0 Å². The van der Waals surface area contributed by atoms with Crippen LogP contribution in [0.5, 0.6) is 0 Å². The normalized spacial score (nSPS) is 29.9. The lowest BCUT2D eigenvalue weighted by Gasteiger charge is -2.26. The summed E-state index contributed by atoms with van der Waals surface area (Å²) >= 11 is 0. The molecule has 5 N–H and O–H groups in total. The van der Waals surface area contributed by atoms with Crippen molar-refractivity contribution in [2.75, 3.05) is 18.5 Å². The maximum absolute atomic E-state index is 10.9. The van der Waals surface area contributed by atoms with Gasteiger partial charge in [0.25, 0.3) is 0 Å². The zero-order valence-corrected chi connectivity index (χ0v) is 12.1. The number of nitrogens with zero attached hydrogens (tertiary/aromatic N) is 3. The van der Waals surface area contributed by atoms with E-state index in [1.807, 2.05) is 0 Å². The molecular formula is C12H14N4O8. The quantitative estimate of drug-likeness (QED) is 0.309. The van der Waals surface area contributed by atoms with Crippen LogP contribution in [0.25, 0.3) is 11.0 Å². The fourth-order valence-corrected chi connectivity index (χ4v) is 2.53. The summed E-state index contributed by atoms with van der Waals surface area (Å²) in [6.45, 7) is -0.975. The minimum atomic E-state index is -2.17. The molecular weight excluding hydrogens is 328 g/mol. The number of anilines is 1. The Balaban J connectivity index is 1.83. The second-order valence-electron chi connectivity index (χ2n) is 5.32. The van der Waals surface area contributed by atoms with E-state index in [1.54, 1.807) is 0 Å². The Kier molecular flexibility index (Phi) is 4.06. The number of non-ortho nitro benzene ring substituents is 1. The van der Waals surface area contributed by atoms with E-state index in [4.69, 9.17) is 9.84 Å². The first-order valence-electron chi connectivity index (χ1n) is 6.88. The third-order valence-electron chi connectivity index (χ3n) is 3.82. The molecule has 1 aliphatic rings. The van der Waals surface area contributed by atoms with E-state index >= 15 is 0 Å². The van der Waals surface area contributed by atoms with Crippen LogP contribution >= 0.6 is 0 Å². The third-order valence-corrected chi connectivity index (χ3v) is 3.82. The van der Waals surface area contributed by atoms with Gasteiger partial charge in [0, 0.05) is 6.07 Å². The smallest absolute Gasteiger partial charge is 0.300 e. The number of benzene rings is 1. The molecule has 1 saturated heterocycles. The van der Waals surface area contributed by atoms with Crippen LogP contribution < -0.4 is 5.32 Å². The lowest BCUT2D eigenvalue weighted by atomic mass is 10.1. The standard InChI is InChI=1S/C12H14N4O8/c17-3-7-10(18)11(19)12(20,23-7)4-13-5-1-2-6(16(21)22)9-8(5)14-24-15-9/h1-2,7,10-11,13,17-20H,3-4H2/t7-,10-,11+,12?/m1/s1. The van der Waals surface area contributed by atoms with Gasteiger partial charge in [0.05, 0.1) is 23.8 Å². The molecule has 1 aromatic heterocycles. The average Bonchev–Trinajstić information content (AvgIpc) is 3.12. The van der Waals surface area contributed by atoms with Crippen molar-refractivity contribution in [3.8, 4) is 0 Å². The largest absolute Gasteiger partial charge is 0.394 e. The van der Waals surface area contributed by atoms with E-state index in [1.165, 1.54) is 12.1 Å². The zero-order valence-electron chi connectivity index (χ0n) is 12.1. The number of rotatable bonds is 5. The van der Waals surface area contributed by atoms with Crippen molar-refractivity contribution in [3.63, 3.8) is 0 Å². The van der Waals surface area contributed by atoms with Gasteiger partial charge in [-0.15, -0.1) is 0 Å². The Hall–Kier alpha value is -2.38. The highest BCUT2D eigenvalue weighted by molar-refractivity contribution is 5.93. The van der Waals surface area contributed by atoms with E-state index in [2.05, 4.69) is 20.3 Å². The number of nitro groups is 1. The summed E-state index contributed by atoms with van der Waals surface area (Å²) in [5.74, 6) is -2.17. The summed E-state index contributed by atoms with van der Waals surface area (Å²) in [6, 6.07) is 2.51. The summed E-state index contributed by atoms with van der Waals surface area (Å²) in [5.41, 5.74) is -0.0934. The molecule has 2 heterocycles. The molecule has 3 rings (SSSR count). The highest BCUT2D eigenvalue weighted by Gasteiger charge is 2.53. The summed E-state index contributed by atoms with van der Waals surface area (Å²) in [5, 5.41) is 59.6. The van der Waals surface area contributed by atoms with Crippen LogP contribution in [0.15, 0.2) is 16.8 Å². The molecule has 130 valence electrons. The fourth-order valence-electron chi connectivity index (χ4n) is 2.53. The van der Waals surface area contributed by atoms with Gasteiger partial charge in [-0.25, -0.2) is 4.63 Å². The summed E-state index contributed by atoms with van der Waals surface area (Å²) in [4.78, 5) is 10.3. The Morgan fingerprint density at radius 2 is 2.04 bits per heavy atom. The van der Waals surface area contributed by atoms with Crippen LogP contribution in [-0.2, 0) is 4.74 Å². The number of ether oxygens (including phenoxy) is 1. The van der Waals surface area contributed by atoms with Crippen molar-refractivity contribution in [1.29, 1.82) is 0 Å². The third kappa shape index (κ3) is 2.55. The highest BCUT2D eigenvalue weighted by Crippen LogP contribution is 2.32. The first-order chi connectivity index (χ1) is 11.4. The maximum Gasteiger partial charge on any atom is 0.300 e. The predicted octanol–water partition coefficient (Wildman–Crippen LogP) is -1.66. The number of aromatic nitrogens is 2. The van der Waals surface area contributed by atoms with Crippen molar-refractivity contribution in [1.82, 2.24) is 10.3 Å². The molecule has 2 aromatic rings. The molecule has 1 fully saturated rings. The maximum atomic E-state index is 10.9. The van der Waals surface area contributed by atoms with Crippen LogP contribution in [-0.4, -0.2) is 72.9 Å². The van der Waals surface area contributed by atoms with Gasteiger partial charge < -0.3 is 30.5 Å². The van der Waals surface area contributed by atoms with E-state index in [0.29, 0.717) is 0 Å². The van der Waals surface area contributed by atoms with E-state index in [-0.39, 0.29) is 29.0 Å². The monoisotopic (exact) mass is 342 g/mol. The van der Waals surface area contributed by atoms with Crippen LogP contribution in [0.1, 0.15) is 0 Å². The van der Waals surface area contributed by atoms with Crippen LogP contribution in [0.4, 0.5) is 11.4 Å². The molecule has 0 saturated carbocycles. The Morgan fingerprint density at radius 3 is 2.67 bits per heavy atom. The summed E-state index contributed by atoms with van der Waals surface area (Å²) in [6.07, 6.45) is -4.27. The SMILES string of the molecule is O=[N+]([O-])c1ccc(NCC2(O)O[C@H](CO)[C@@H](O)[C@@H]2O)c2nonc12. The molecule has 12 heteroatoms. The first-order valence-corrected chi connectivity index (χ1v) is 6.88. The lowest BCUT2D eigenvalue weighted by Crippen LogP contribution is -2.48. The number of fused-ring (bicyclic) bond motifs is 1. The number of hydrogen-bond acceptors (Lipinski definition) is 11. The van der Waals surface area contributed by atoms with E-state index in [9.17, 15) is 25.4 Å². The number of aliphatic hydroxyl groups is 4. The van der Waals surface area contributed by atoms with Crippen LogP contribution in [0, 0.1) is 10.1 Å². The molecule has 1 unspecified atom stereocenters. The van der Waals surface area contributed by atoms with Crippen molar-refractivity contribution in [2.45, 2.75) is 24.1 Å². The highest BCUT2D eigenvalue weighted by atomic mass is 16.7. The number of hydrogen-bond donors (Lipinski definition) is 5. The topological polar surface area (TPSA) is 184 Å². The van der Waals surface area contributed by atoms with Gasteiger partial charge in [0.2, 0.25) is 11.3 Å². The second kappa shape index (κ2) is 5.92. The fraction of sp³-hybridized carbons (Fsp3) is 0.500. The van der Waals surface area contributed by atoms with Gasteiger partial charge in [0.15, 0.2) is 5.52 Å². The predicted molar refractivity (Wildman–Crippen MR) is 75.9 cm³/mol. The summed E-state index contributed by atoms with van der Waals surface area (Å²) < 4.78 is 9.58. The molecule has 24 heavy (non-hydrogen) atoms. The molecule has 0 bridgehead atoms. The number of nitro benzene ring substituents is 1. The molecule has 1 aromatic carbocycles. The van der Waals surface area contributed by atoms with Crippen LogP contribution in [0.2, 0.25) is 0 Å². The summed E-state index contributed by atoms with van der Waals surface area (Å²) in [7, 11) is 0. The molecule has 0 radical (unpaired) electrons. The van der Waals surface area contributed by atoms with Gasteiger partial charge >= 0.3 is 5.69 Å². The van der Waals surface area contributed by atoms with Crippen molar-refractivity contribution in [2.24, 2.45) is 0 Å². The molecule has 0 aliphatic carbocycles. The molecule has 1 aliphatic heterocycles. The van der Waals surface area contributed by atoms with Gasteiger partial charge in [-0.3, -0.25) is 10.1 Å². The van der Waals surface area contributed by atoms with Crippen molar-refractivity contribution >= 4 is 22.4 Å². The first kappa shape index (κ1) is 16.5. The minimum Gasteiger partial charge on any atom is -0.394 e. The van der Waals surface area contributed by atoms with Gasteiger partial charge in [-0.2, -0.15) is 0 Å². The van der Waals surface area contributed by atoms with Gasteiger partial charge in [-0.1, -0.05) is 0 Å². The number of nitrogens with one attached hydrogen (secondary N) is 1. The minimum absolute atomic E-state index is 0.0551. The molecule has 0 amide bonds. The zero-order chi connectivity index (χ0) is 17.5. The van der Waals surface area contributed by atoms with Gasteiger partial charge in [-0.05, 0) is 16.4 Å². The Labute approximate surface area is 133 Å².